The van der Waals surface area contributed by atoms with Crippen molar-refractivity contribution >= 4 is 6.29 Å². The van der Waals surface area contributed by atoms with Gasteiger partial charge >= 0.3 is 0 Å². The second kappa shape index (κ2) is 5.36. The molecule has 18 heavy (non-hydrogen) atoms. The zero-order valence-corrected chi connectivity index (χ0v) is 10.3. The first kappa shape index (κ1) is 12.2. The molecule has 2 aromatic rings. The van der Waals surface area contributed by atoms with E-state index in [0.29, 0.717) is 17.1 Å². The van der Waals surface area contributed by atoms with Crippen LogP contribution in [0, 0.1) is 0 Å². The Hall–Kier alpha value is -2.29. The van der Waals surface area contributed by atoms with E-state index in [-0.39, 0.29) is 0 Å². The first-order valence-electron chi connectivity index (χ1n) is 5.56. The lowest BCUT2D eigenvalue weighted by atomic mass is 9.99. The zero-order chi connectivity index (χ0) is 13.0. The number of ether oxygens (including phenoxy) is 2. The maximum absolute atomic E-state index is 11.2. The van der Waals surface area contributed by atoms with Gasteiger partial charge < -0.3 is 9.47 Å². The van der Waals surface area contributed by atoms with E-state index in [1.54, 1.807) is 26.4 Å². The number of rotatable bonds is 4. The van der Waals surface area contributed by atoms with Gasteiger partial charge in [0.1, 0.15) is 11.5 Å². The van der Waals surface area contributed by atoms with Crippen molar-refractivity contribution in [1.82, 2.24) is 0 Å². The Bertz CT molecular complexity index is 547. The van der Waals surface area contributed by atoms with Crippen molar-refractivity contribution in [2.45, 2.75) is 0 Å². The minimum Gasteiger partial charge on any atom is -0.497 e. The van der Waals surface area contributed by atoms with Crippen LogP contribution in [0.2, 0.25) is 0 Å². The minimum atomic E-state index is 0.553. The van der Waals surface area contributed by atoms with Crippen molar-refractivity contribution < 1.29 is 14.3 Å². The van der Waals surface area contributed by atoms with E-state index in [1.165, 1.54) is 0 Å². The average Bonchev–Trinajstić information content (AvgIpc) is 2.46. The summed E-state index contributed by atoms with van der Waals surface area (Å²) in [6.07, 6.45) is 0.813. The molecule has 0 atom stereocenters. The molecule has 0 aliphatic rings. The van der Waals surface area contributed by atoms with Crippen LogP contribution < -0.4 is 9.47 Å². The summed E-state index contributed by atoms with van der Waals surface area (Å²) in [6.45, 7) is 0. The van der Waals surface area contributed by atoms with E-state index < -0.39 is 0 Å². The van der Waals surface area contributed by atoms with Gasteiger partial charge in [-0.05, 0) is 11.6 Å². The first-order chi connectivity index (χ1) is 8.80. The topological polar surface area (TPSA) is 35.5 Å². The highest BCUT2D eigenvalue weighted by Gasteiger charge is 2.13. The van der Waals surface area contributed by atoms with Gasteiger partial charge in [-0.3, -0.25) is 4.79 Å². The number of benzene rings is 2. The molecular weight excluding hydrogens is 228 g/mol. The molecule has 0 amide bonds. The first-order valence-corrected chi connectivity index (χ1v) is 5.56. The molecule has 0 heterocycles. The van der Waals surface area contributed by atoms with Crippen molar-refractivity contribution in [1.29, 1.82) is 0 Å². The van der Waals surface area contributed by atoms with Crippen LogP contribution in [-0.2, 0) is 0 Å². The number of carbonyl (C=O) groups excluding carboxylic acids is 1. The van der Waals surface area contributed by atoms with Gasteiger partial charge in [-0.2, -0.15) is 0 Å². The number of hydrogen-bond acceptors (Lipinski definition) is 3. The standard InChI is InChI=1S/C15H14O3/c1-17-13-8-12(10-16)15(14(9-13)18-2)11-6-4-3-5-7-11/h3-10H,1-2H3. The molecule has 2 aromatic carbocycles. The summed E-state index contributed by atoms with van der Waals surface area (Å²) in [4.78, 5) is 11.2. The van der Waals surface area contributed by atoms with Gasteiger partial charge in [0.2, 0.25) is 0 Å². The van der Waals surface area contributed by atoms with E-state index in [9.17, 15) is 4.79 Å². The van der Waals surface area contributed by atoms with Gasteiger partial charge in [0.05, 0.1) is 14.2 Å². The maximum Gasteiger partial charge on any atom is 0.150 e. The monoisotopic (exact) mass is 242 g/mol. The Balaban J connectivity index is 2.68. The van der Waals surface area contributed by atoms with Crippen molar-refractivity contribution in [3.05, 3.63) is 48.0 Å². The van der Waals surface area contributed by atoms with E-state index in [4.69, 9.17) is 9.47 Å². The Morgan fingerprint density at radius 1 is 1.00 bits per heavy atom. The molecular formula is C15H14O3. The fraction of sp³-hybridized carbons (Fsp3) is 0.133. The predicted octanol–water partition coefficient (Wildman–Crippen LogP) is 3.18. The Morgan fingerprint density at radius 3 is 2.28 bits per heavy atom. The number of aldehydes is 1. The fourth-order valence-electron chi connectivity index (χ4n) is 1.90. The molecule has 0 radical (unpaired) electrons. The van der Waals surface area contributed by atoms with E-state index in [0.717, 1.165) is 17.4 Å². The van der Waals surface area contributed by atoms with Crippen LogP contribution in [0.5, 0.6) is 11.5 Å². The minimum absolute atomic E-state index is 0.553. The number of methoxy groups -OCH3 is 2. The summed E-state index contributed by atoms with van der Waals surface area (Å²) in [7, 11) is 3.14. The van der Waals surface area contributed by atoms with Crippen molar-refractivity contribution in [2.75, 3.05) is 14.2 Å². The third kappa shape index (κ3) is 2.20. The van der Waals surface area contributed by atoms with Gasteiger partial charge in [0.25, 0.3) is 0 Å². The van der Waals surface area contributed by atoms with Crippen LogP contribution in [0.15, 0.2) is 42.5 Å². The molecule has 0 bridgehead atoms. The fourth-order valence-corrected chi connectivity index (χ4v) is 1.90. The Kier molecular flexibility index (Phi) is 3.63. The van der Waals surface area contributed by atoms with Crippen LogP contribution in [0.25, 0.3) is 11.1 Å². The summed E-state index contributed by atoms with van der Waals surface area (Å²) < 4.78 is 10.5. The molecule has 0 aliphatic carbocycles. The molecule has 0 spiro atoms. The number of carbonyl (C=O) groups is 1. The molecule has 0 aromatic heterocycles. The van der Waals surface area contributed by atoms with Crippen LogP contribution in [-0.4, -0.2) is 20.5 Å². The second-order valence-corrected chi connectivity index (χ2v) is 3.78. The molecule has 92 valence electrons. The van der Waals surface area contributed by atoms with E-state index >= 15 is 0 Å². The molecule has 2 rings (SSSR count). The summed E-state index contributed by atoms with van der Waals surface area (Å²) >= 11 is 0. The lowest BCUT2D eigenvalue weighted by Gasteiger charge is -2.13. The molecule has 0 N–H and O–H groups in total. The molecule has 3 nitrogen and oxygen atoms in total. The lowest BCUT2D eigenvalue weighted by Crippen LogP contribution is -1.95. The van der Waals surface area contributed by atoms with Gasteiger partial charge in [-0.1, -0.05) is 30.3 Å². The molecule has 0 saturated heterocycles. The Morgan fingerprint density at radius 2 is 1.72 bits per heavy atom. The largest absolute Gasteiger partial charge is 0.497 e. The third-order valence-corrected chi connectivity index (χ3v) is 2.75. The molecule has 3 heteroatoms. The van der Waals surface area contributed by atoms with Crippen molar-refractivity contribution in [2.24, 2.45) is 0 Å². The van der Waals surface area contributed by atoms with E-state index in [2.05, 4.69) is 0 Å². The highest BCUT2D eigenvalue weighted by Crippen LogP contribution is 2.36. The number of hydrogen-bond donors (Lipinski definition) is 0. The molecule has 0 saturated carbocycles. The van der Waals surface area contributed by atoms with Crippen LogP contribution in [0.3, 0.4) is 0 Å². The van der Waals surface area contributed by atoms with Crippen LogP contribution >= 0.6 is 0 Å². The third-order valence-electron chi connectivity index (χ3n) is 2.75. The average molecular weight is 242 g/mol. The Labute approximate surface area is 106 Å². The summed E-state index contributed by atoms with van der Waals surface area (Å²) in [5, 5.41) is 0. The van der Waals surface area contributed by atoms with Gasteiger partial charge in [-0.25, -0.2) is 0 Å². The normalized spacial score (nSPS) is 9.89. The summed E-state index contributed by atoms with van der Waals surface area (Å²) in [5.74, 6) is 1.23. The summed E-state index contributed by atoms with van der Waals surface area (Å²) in [6, 6.07) is 13.1. The zero-order valence-electron chi connectivity index (χ0n) is 10.3. The smallest absolute Gasteiger partial charge is 0.150 e. The van der Waals surface area contributed by atoms with Crippen LogP contribution in [0.4, 0.5) is 0 Å². The second-order valence-electron chi connectivity index (χ2n) is 3.78. The highest BCUT2D eigenvalue weighted by molar-refractivity contribution is 5.91. The molecule has 0 unspecified atom stereocenters. The van der Waals surface area contributed by atoms with Gasteiger partial charge in [-0.15, -0.1) is 0 Å². The maximum atomic E-state index is 11.2. The summed E-state index contributed by atoms with van der Waals surface area (Å²) in [5.41, 5.74) is 2.28. The lowest BCUT2D eigenvalue weighted by molar-refractivity contribution is 0.112. The van der Waals surface area contributed by atoms with Gasteiger partial charge in [0, 0.05) is 17.2 Å². The predicted molar refractivity (Wildman–Crippen MR) is 70.4 cm³/mol. The SMILES string of the molecule is COc1cc(C=O)c(-c2ccccc2)c(OC)c1. The van der Waals surface area contributed by atoms with Crippen LogP contribution in [0.1, 0.15) is 10.4 Å². The quantitative estimate of drug-likeness (QED) is 0.772. The molecule has 0 fully saturated rings. The molecule has 0 aliphatic heterocycles. The van der Waals surface area contributed by atoms with E-state index in [1.807, 2.05) is 30.3 Å². The highest BCUT2D eigenvalue weighted by atomic mass is 16.5. The van der Waals surface area contributed by atoms with Gasteiger partial charge in [0.15, 0.2) is 6.29 Å². The van der Waals surface area contributed by atoms with Crippen molar-refractivity contribution in [3.8, 4) is 22.6 Å². The van der Waals surface area contributed by atoms with Crippen molar-refractivity contribution in [3.63, 3.8) is 0 Å².